The lowest BCUT2D eigenvalue weighted by molar-refractivity contribution is -0.00840. The monoisotopic (exact) mass is 500 g/mol. The van der Waals surface area contributed by atoms with Crippen molar-refractivity contribution in [3.05, 3.63) is 34.2 Å². The second kappa shape index (κ2) is 12.8. The molecule has 0 saturated carbocycles. The van der Waals surface area contributed by atoms with E-state index in [1.807, 2.05) is 0 Å². The maximum atomic E-state index is 12.2. The number of benzene rings is 1. The van der Waals surface area contributed by atoms with Gasteiger partial charge in [-0.25, -0.2) is 4.79 Å². The fraction of sp³-hybridized carbons (Fsp3) is 0.524. The number of halogens is 1. The van der Waals surface area contributed by atoms with Crippen LogP contribution in [0.15, 0.2) is 27.4 Å². The highest BCUT2D eigenvalue weighted by molar-refractivity contribution is 9.09. The van der Waals surface area contributed by atoms with Gasteiger partial charge in [-0.2, -0.15) is 0 Å². The van der Waals surface area contributed by atoms with Crippen LogP contribution in [0.4, 0.5) is 0 Å². The highest BCUT2D eigenvalue weighted by atomic mass is 79.9. The molecule has 10 heteroatoms. The number of ketones is 1. The quantitative estimate of drug-likeness (QED) is 0.348. The van der Waals surface area contributed by atoms with Gasteiger partial charge in [0.1, 0.15) is 24.4 Å². The number of ether oxygens (including phenoxy) is 6. The van der Waals surface area contributed by atoms with Gasteiger partial charge in [0.05, 0.1) is 58.2 Å². The largest absolute Gasteiger partial charge is 0.487 e. The summed E-state index contributed by atoms with van der Waals surface area (Å²) in [4.78, 5) is 24.1. The molecular weight excluding hydrogens is 476 g/mol. The van der Waals surface area contributed by atoms with Crippen LogP contribution in [0.1, 0.15) is 10.4 Å². The molecule has 0 bridgehead atoms. The highest BCUT2D eigenvalue weighted by Crippen LogP contribution is 2.32. The molecular formula is C21H25BrO9. The molecule has 0 unspecified atom stereocenters. The van der Waals surface area contributed by atoms with Crippen LogP contribution in [0.5, 0.6) is 11.5 Å². The molecule has 2 aromatic rings. The normalized spacial score (nSPS) is 17.6. The van der Waals surface area contributed by atoms with Crippen LogP contribution in [-0.4, -0.2) is 77.2 Å². The maximum absolute atomic E-state index is 12.2. The molecule has 1 aliphatic heterocycles. The zero-order chi connectivity index (χ0) is 21.9. The number of Topliss-reactive ketones (excluding diaryl/α,β-unsaturated/α-hetero) is 1. The van der Waals surface area contributed by atoms with Gasteiger partial charge >= 0.3 is 5.63 Å². The molecule has 1 aromatic carbocycles. The topological polar surface area (TPSA) is 103 Å². The van der Waals surface area contributed by atoms with Crippen molar-refractivity contribution < 1.29 is 37.6 Å². The number of carbonyl (C=O) groups excluding carboxylic acids is 1. The number of alkyl halides is 1. The average Bonchev–Trinajstić information content (AvgIpc) is 2.77. The van der Waals surface area contributed by atoms with Gasteiger partial charge in [-0.15, -0.1) is 0 Å². The van der Waals surface area contributed by atoms with Crippen LogP contribution in [0.2, 0.25) is 0 Å². The van der Waals surface area contributed by atoms with Crippen molar-refractivity contribution in [2.24, 2.45) is 0 Å². The average molecular weight is 501 g/mol. The Bertz CT molecular complexity index is 912. The Morgan fingerprint density at radius 3 is 1.74 bits per heavy atom. The predicted octanol–water partition coefficient (Wildman–Crippen LogP) is 2.21. The summed E-state index contributed by atoms with van der Waals surface area (Å²) >= 11 is 3.07. The summed E-state index contributed by atoms with van der Waals surface area (Å²) in [7, 11) is 0. The van der Waals surface area contributed by atoms with E-state index < -0.39 is 5.63 Å². The van der Waals surface area contributed by atoms with Crippen LogP contribution in [0, 0.1) is 0 Å². The van der Waals surface area contributed by atoms with Crippen molar-refractivity contribution in [2.45, 2.75) is 0 Å². The SMILES string of the molecule is O=C(CBr)c1cc2cc3c(cc2oc1=O)OCCOCCOCCOCCOCCO3. The Kier molecular flexibility index (Phi) is 9.76. The molecule has 0 saturated heterocycles. The van der Waals surface area contributed by atoms with Crippen molar-refractivity contribution in [3.8, 4) is 11.5 Å². The third kappa shape index (κ3) is 7.29. The van der Waals surface area contributed by atoms with Gasteiger partial charge in [0.2, 0.25) is 0 Å². The Balaban J connectivity index is 1.78. The lowest BCUT2D eigenvalue weighted by Crippen LogP contribution is -2.16. The fourth-order valence-electron chi connectivity index (χ4n) is 2.80. The third-order valence-corrected chi connectivity index (χ3v) is 4.82. The predicted molar refractivity (Wildman–Crippen MR) is 115 cm³/mol. The first kappa shape index (κ1) is 23.7. The minimum absolute atomic E-state index is 0.0237. The molecule has 3 rings (SSSR count). The first-order valence-corrected chi connectivity index (χ1v) is 11.1. The van der Waals surface area contributed by atoms with Gasteiger partial charge in [0, 0.05) is 11.5 Å². The third-order valence-electron chi connectivity index (χ3n) is 4.31. The van der Waals surface area contributed by atoms with E-state index in [9.17, 15) is 9.59 Å². The van der Waals surface area contributed by atoms with Crippen LogP contribution >= 0.6 is 15.9 Å². The van der Waals surface area contributed by atoms with E-state index in [-0.39, 0.29) is 29.9 Å². The number of hydrogen-bond acceptors (Lipinski definition) is 9. The van der Waals surface area contributed by atoms with Crippen LogP contribution in [0.25, 0.3) is 11.0 Å². The minimum Gasteiger partial charge on any atom is -0.487 e. The fourth-order valence-corrected chi connectivity index (χ4v) is 3.10. The summed E-state index contributed by atoms with van der Waals surface area (Å²) in [6.07, 6.45) is 0. The number of fused-ring (bicyclic) bond motifs is 2. The van der Waals surface area contributed by atoms with Gasteiger partial charge in [-0.1, -0.05) is 15.9 Å². The molecule has 0 N–H and O–H groups in total. The summed E-state index contributed by atoms with van der Waals surface area (Å²) in [6.45, 7) is 4.07. The smallest absolute Gasteiger partial charge is 0.347 e. The van der Waals surface area contributed by atoms with E-state index in [1.165, 1.54) is 6.07 Å². The second-order valence-corrected chi connectivity index (χ2v) is 7.05. The summed E-state index contributed by atoms with van der Waals surface area (Å²) in [5.74, 6) is 0.491. The lowest BCUT2D eigenvalue weighted by Gasteiger charge is -2.15. The van der Waals surface area contributed by atoms with Crippen molar-refractivity contribution in [3.63, 3.8) is 0 Å². The summed E-state index contributed by atoms with van der Waals surface area (Å²) in [6, 6.07) is 4.75. The zero-order valence-electron chi connectivity index (χ0n) is 17.1. The summed E-state index contributed by atoms with van der Waals surface area (Å²) in [5.41, 5.74) is -0.426. The number of carbonyl (C=O) groups is 1. The number of rotatable bonds is 2. The zero-order valence-corrected chi connectivity index (χ0v) is 18.6. The molecule has 170 valence electrons. The van der Waals surface area contributed by atoms with E-state index in [0.29, 0.717) is 75.3 Å². The molecule has 1 aliphatic rings. The summed E-state index contributed by atoms with van der Waals surface area (Å²) in [5, 5.41) is 0.580. The van der Waals surface area contributed by atoms with Crippen molar-refractivity contribution in [2.75, 3.05) is 71.4 Å². The van der Waals surface area contributed by atoms with Gasteiger partial charge in [-0.3, -0.25) is 4.79 Å². The van der Waals surface area contributed by atoms with Crippen molar-refractivity contribution in [1.29, 1.82) is 0 Å². The molecule has 0 radical (unpaired) electrons. The van der Waals surface area contributed by atoms with Crippen molar-refractivity contribution in [1.82, 2.24) is 0 Å². The van der Waals surface area contributed by atoms with Gasteiger partial charge in [-0.05, 0) is 12.1 Å². The van der Waals surface area contributed by atoms with Gasteiger partial charge < -0.3 is 32.8 Å². The van der Waals surface area contributed by atoms with Gasteiger partial charge in [0.25, 0.3) is 0 Å². The first-order valence-electron chi connectivity index (χ1n) is 9.96. The van der Waals surface area contributed by atoms with Gasteiger partial charge in [0.15, 0.2) is 17.3 Å². The molecule has 0 aliphatic carbocycles. The summed E-state index contributed by atoms with van der Waals surface area (Å²) < 4.78 is 38.8. The molecule has 0 atom stereocenters. The first-order chi connectivity index (χ1) is 15.2. The van der Waals surface area contributed by atoms with Crippen LogP contribution < -0.4 is 15.1 Å². The number of hydrogen-bond donors (Lipinski definition) is 0. The Hall–Kier alpha value is -1.98. The molecule has 0 spiro atoms. The molecule has 2 heterocycles. The highest BCUT2D eigenvalue weighted by Gasteiger charge is 2.16. The molecule has 1 aromatic heterocycles. The Morgan fingerprint density at radius 1 is 0.742 bits per heavy atom. The maximum Gasteiger partial charge on any atom is 0.347 e. The van der Waals surface area contributed by atoms with E-state index in [4.69, 9.17) is 32.8 Å². The Morgan fingerprint density at radius 2 is 1.23 bits per heavy atom. The molecule has 0 fully saturated rings. The lowest BCUT2D eigenvalue weighted by atomic mass is 10.1. The van der Waals surface area contributed by atoms with Crippen molar-refractivity contribution >= 4 is 32.7 Å². The molecule has 0 amide bonds. The van der Waals surface area contributed by atoms with E-state index in [0.717, 1.165) is 0 Å². The van der Waals surface area contributed by atoms with E-state index in [2.05, 4.69) is 15.9 Å². The van der Waals surface area contributed by atoms with E-state index >= 15 is 0 Å². The van der Waals surface area contributed by atoms with Crippen LogP contribution in [0.3, 0.4) is 0 Å². The Labute approximate surface area is 187 Å². The standard InChI is InChI=1S/C21H25BrO9/c22-14-17(23)16-11-15-12-19-20(13-18(15)31-21(16)24)30-10-8-28-6-4-26-2-1-25-3-5-27-7-9-29-19/h11-13H,1-10,14H2. The molecule has 9 nitrogen and oxygen atoms in total. The second-order valence-electron chi connectivity index (χ2n) is 6.49. The molecule has 31 heavy (non-hydrogen) atoms. The van der Waals surface area contributed by atoms with Crippen LogP contribution in [-0.2, 0) is 18.9 Å². The minimum atomic E-state index is -0.697. The van der Waals surface area contributed by atoms with E-state index in [1.54, 1.807) is 12.1 Å².